The van der Waals surface area contributed by atoms with E-state index in [9.17, 15) is 9.90 Å². The first-order valence-electron chi connectivity index (χ1n) is 8.26. The number of aryl methyl sites for hydroxylation is 1. The van der Waals surface area contributed by atoms with Gasteiger partial charge in [-0.3, -0.25) is 4.79 Å². The van der Waals surface area contributed by atoms with E-state index < -0.39 is 0 Å². The van der Waals surface area contributed by atoms with Crippen LogP contribution in [0.5, 0.6) is 17.2 Å². The summed E-state index contributed by atoms with van der Waals surface area (Å²) in [6, 6.07) is 12.8. The number of benzene rings is 2. The van der Waals surface area contributed by atoms with Crippen LogP contribution >= 0.6 is 0 Å². The largest absolute Gasteiger partial charge is 0.508 e. The van der Waals surface area contributed by atoms with Gasteiger partial charge in [-0.15, -0.1) is 0 Å². The van der Waals surface area contributed by atoms with E-state index >= 15 is 0 Å². The second-order valence-corrected chi connectivity index (χ2v) is 5.92. The first-order valence-corrected chi connectivity index (χ1v) is 8.26. The molecule has 0 aliphatic rings. The van der Waals surface area contributed by atoms with Gasteiger partial charge in [0.1, 0.15) is 5.75 Å². The van der Waals surface area contributed by atoms with E-state index in [2.05, 4.69) is 0 Å². The average Bonchev–Trinajstić information content (AvgIpc) is 2.65. The highest BCUT2D eigenvalue weighted by atomic mass is 16.5. The van der Waals surface area contributed by atoms with Crippen LogP contribution in [0.15, 0.2) is 42.5 Å². The molecule has 2 rings (SSSR count). The molecular formula is C20H25NO4. The number of carbonyl (C=O) groups excluding carboxylic acids is 1. The number of carbonyl (C=O) groups is 1. The van der Waals surface area contributed by atoms with Crippen molar-refractivity contribution < 1.29 is 19.4 Å². The van der Waals surface area contributed by atoms with Crippen molar-refractivity contribution in [2.45, 2.75) is 19.3 Å². The molecule has 1 N–H and O–H groups in total. The molecule has 0 radical (unpaired) electrons. The molecule has 134 valence electrons. The molecule has 0 heterocycles. The van der Waals surface area contributed by atoms with Crippen LogP contribution in [0.3, 0.4) is 0 Å². The molecule has 1 amide bonds. The maximum Gasteiger partial charge on any atom is 0.222 e. The standard InChI is InChI=1S/C20H25NO4/c1-21(20(23)11-7-15-4-8-17(22)9-5-15)13-12-16-6-10-18(24-2)19(14-16)25-3/h4-6,8-10,14,22H,7,11-13H2,1-3H3. The van der Waals surface area contributed by atoms with Crippen LogP contribution in [0.25, 0.3) is 0 Å². The molecule has 0 spiro atoms. The Bertz CT molecular complexity index is 697. The summed E-state index contributed by atoms with van der Waals surface area (Å²) < 4.78 is 10.5. The fraction of sp³-hybridized carbons (Fsp3) is 0.350. The Morgan fingerprint density at radius 3 is 2.24 bits per heavy atom. The van der Waals surface area contributed by atoms with E-state index in [0.717, 1.165) is 17.5 Å². The molecule has 0 aliphatic heterocycles. The number of aromatic hydroxyl groups is 1. The Balaban J connectivity index is 1.83. The third kappa shape index (κ3) is 5.41. The third-order valence-corrected chi connectivity index (χ3v) is 4.17. The number of methoxy groups -OCH3 is 2. The van der Waals surface area contributed by atoms with Gasteiger partial charge in [-0.2, -0.15) is 0 Å². The summed E-state index contributed by atoms with van der Waals surface area (Å²) in [4.78, 5) is 14.0. The molecule has 2 aromatic rings. The van der Waals surface area contributed by atoms with Gasteiger partial charge < -0.3 is 19.5 Å². The Morgan fingerprint density at radius 1 is 0.960 bits per heavy atom. The van der Waals surface area contributed by atoms with Crippen LogP contribution in [-0.2, 0) is 17.6 Å². The summed E-state index contributed by atoms with van der Waals surface area (Å²) in [5.74, 6) is 1.74. The summed E-state index contributed by atoms with van der Waals surface area (Å²) in [7, 11) is 5.04. The Morgan fingerprint density at radius 2 is 1.60 bits per heavy atom. The zero-order valence-corrected chi connectivity index (χ0v) is 15.0. The second kappa shape index (κ2) is 8.97. The summed E-state index contributed by atoms with van der Waals surface area (Å²) >= 11 is 0. The van der Waals surface area contributed by atoms with Crippen LogP contribution < -0.4 is 9.47 Å². The lowest BCUT2D eigenvalue weighted by molar-refractivity contribution is -0.129. The molecular weight excluding hydrogens is 318 g/mol. The van der Waals surface area contributed by atoms with Gasteiger partial charge in [-0.25, -0.2) is 0 Å². The molecule has 2 aromatic carbocycles. The topological polar surface area (TPSA) is 59.0 Å². The van der Waals surface area contributed by atoms with Crippen LogP contribution in [0, 0.1) is 0 Å². The molecule has 0 aromatic heterocycles. The van der Waals surface area contributed by atoms with Crippen molar-refractivity contribution in [3.8, 4) is 17.2 Å². The highest BCUT2D eigenvalue weighted by Gasteiger charge is 2.10. The maximum absolute atomic E-state index is 12.3. The van der Waals surface area contributed by atoms with E-state index in [1.807, 2.05) is 37.4 Å². The summed E-state index contributed by atoms with van der Waals surface area (Å²) in [5, 5.41) is 9.28. The van der Waals surface area contributed by atoms with Gasteiger partial charge in [0, 0.05) is 20.0 Å². The Labute approximate surface area is 148 Å². The van der Waals surface area contributed by atoms with Gasteiger partial charge in [0.15, 0.2) is 11.5 Å². The van der Waals surface area contributed by atoms with Gasteiger partial charge in [0.2, 0.25) is 5.91 Å². The zero-order chi connectivity index (χ0) is 18.2. The fourth-order valence-electron chi connectivity index (χ4n) is 2.56. The zero-order valence-electron chi connectivity index (χ0n) is 15.0. The highest BCUT2D eigenvalue weighted by Crippen LogP contribution is 2.27. The Kier molecular flexibility index (Phi) is 6.69. The molecule has 0 saturated carbocycles. The molecule has 0 bridgehead atoms. The predicted octanol–water partition coefficient (Wildman–Crippen LogP) is 3.04. The van der Waals surface area contributed by atoms with E-state index in [-0.39, 0.29) is 11.7 Å². The number of rotatable bonds is 8. The number of hydrogen-bond donors (Lipinski definition) is 1. The molecule has 0 unspecified atom stereocenters. The third-order valence-electron chi connectivity index (χ3n) is 4.17. The van der Waals surface area contributed by atoms with Crippen LogP contribution in [0.4, 0.5) is 0 Å². The lowest BCUT2D eigenvalue weighted by Gasteiger charge is -2.18. The van der Waals surface area contributed by atoms with Gasteiger partial charge >= 0.3 is 0 Å². The Hall–Kier alpha value is -2.69. The molecule has 0 saturated heterocycles. The predicted molar refractivity (Wildman–Crippen MR) is 97.3 cm³/mol. The van der Waals surface area contributed by atoms with E-state index in [4.69, 9.17) is 9.47 Å². The summed E-state index contributed by atoms with van der Waals surface area (Å²) in [5.41, 5.74) is 2.13. The average molecular weight is 343 g/mol. The quantitative estimate of drug-likeness (QED) is 0.800. The normalized spacial score (nSPS) is 10.4. The molecule has 25 heavy (non-hydrogen) atoms. The van der Waals surface area contributed by atoms with Gasteiger partial charge in [-0.05, 0) is 48.2 Å². The van der Waals surface area contributed by atoms with Crippen molar-refractivity contribution in [3.63, 3.8) is 0 Å². The van der Waals surface area contributed by atoms with E-state index in [0.29, 0.717) is 30.9 Å². The van der Waals surface area contributed by atoms with Crippen LogP contribution in [0.2, 0.25) is 0 Å². The minimum atomic E-state index is 0.105. The van der Waals surface area contributed by atoms with Crippen LogP contribution in [0.1, 0.15) is 17.5 Å². The fourth-order valence-corrected chi connectivity index (χ4v) is 2.56. The first-order chi connectivity index (χ1) is 12.0. The van der Waals surface area contributed by atoms with Gasteiger partial charge in [0.25, 0.3) is 0 Å². The van der Waals surface area contributed by atoms with Crippen molar-refractivity contribution in [1.82, 2.24) is 4.90 Å². The number of likely N-dealkylation sites (N-methyl/N-ethyl adjacent to an activating group) is 1. The van der Waals surface area contributed by atoms with Crippen molar-refractivity contribution in [3.05, 3.63) is 53.6 Å². The molecule has 0 aliphatic carbocycles. The number of phenolic OH excluding ortho intramolecular Hbond substituents is 1. The lowest BCUT2D eigenvalue weighted by atomic mass is 10.1. The summed E-state index contributed by atoms with van der Waals surface area (Å²) in [6.45, 7) is 0.643. The van der Waals surface area contributed by atoms with Crippen molar-refractivity contribution in [2.75, 3.05) is 27.8 Å². The minimum absolute atomic E-state index is 0.105. The number of phenols is 1. The first kappa shape index (κ1) is 18.6. The highest BCUT2D eigenvalue weighted by molar-refractivity contribution is 5.76. The minimum Gasteiger partial charge on any atom is -0.508 e. The van der Waals surface area contributed by atoms with E-state index in [1.54, 1.807) is 31.3 Å². The molecule has 0 atom stereocenters. The summed E-state index contributed by atoms with van der Waals surface area (Å²) in [6.07, 6.45) is 1.87. The van der Waals surface area contributed by atoms with Gasteiger partial charge in [-0.1, -0.05) is 18.2 Å². The van der Waals surface area contributed by atoms with Crippen molar-refractivity contribution >= 4 is 5.91 Å². The number of amides is 1. The monoisotopic (exact) mass is 343 g/mol. The van der Waals surface area contributed by atoms with Crippen molar-refractivity contribution in [1.29, 1.82) is 0 Å². The van der Waals surface area contributed by atoms with Gasteiger partial charge in [0.05, 0.1) is 14.2 Å². The van der Waals surface area contributed by atoms with E-state index in [1.165, 1.54) is 0 Å². The molecule has 5 nitrogen and oxygen atoms in total. The molecule has 0 fully saturated rings. The maximum atomic E-state index is 12.3. The second-order valence-electron chi connectivity index (χ2n) is 5.92. The number of nitrogens with zero attached hydrogens (tertiary/aromatic N) is 1. The SMILES string of the molecule is COc1ccc(CCN(C)C(=O)CCc2ccc(O)cc2)cc1OC. The van der Waals surface area contributed by atoms with Crippen LogP contribution in [-0.4, -0.2) is 43.7 Å². The smallest absolute Gasteiger partial charge is 0.222 e. The lowest BCUT2D eigenvalue weighted by Crippen LogP contribution is -2.29. The number of ether oxygens (including phenoxy) is 2. The molecule has 5 heteroatoms. The van der Waals surface area contributed by atoms with Crippen molar-refractivity contribution in [2.24, 2.45) is 0 Å². The number of hydrogen-bond acceptors (Lipinski definition) is 4.